The molecule has 11 heteroatoms. The lowest BCUT2D eigenvalue weighted by molar-refractivity contribution is -0.121. The average molecular weight is 592 g/mol. The van der Waals surface area contributed by atoms with Crippen LogP contribution in [0.25, 0.3) is 5.69 Å². The van der Waals surface area contributed by atoms with Gasteiger partial charge in [-0.25, -0.2) is 13.8 Å². The number of sulfonamides is 1. The minimum Gasteiger partial charge on any atom is -0.326 e. The molecule has 41 heavy (non-hydrogen) atoms. The molecule has 2 N–H and O–H groups in total. The van der Waals surface area contributed by atoms with Gasteiger partial charge in [-0.3, -0.25) is 9.59 Å². The Morgan fingerprint density at radius 1 is 0.976 bits per heavy atom. The van der Waals surface area contributed by atoms with E-state index in [2.05, 4.69) is 15.8 Å². The maximum atomic E-state index is 13.6. The zero-order chi connectivity index (χ0) is 29.6. The number of rotatable bonds is 10. The van der Waals surface area contributed by atoms with Gasteiger partial charge in [0.2, 0.25) is 15.9 Å². The van der Waals surface area contributed by atoms with Crippen LogP contribution in [-0.2, 0) is 26.2 Å². The third-order valence-corrected chi connectivity index (χ3v) is 8.42. The zero-order valence-corrected chi connectivity index (χ0v) is 24.4. The number of hydrazone groups is 1. The van der Waals surface area contributed by atoms with Crippen LogP contribution in [0, 0.1) is 13.8 Å². The maximum absolute atomic E-state index is 13.6. The van der Waals surface area contributed by atoms with Crippen LogP contribution in [0.5, 0.6) is 0 Å². The van der Waals surface area contributed by atoms with Gasteiger partial charge in [0.25, 0.3) is 5.91 Å². The highest BCUT2D eigenvalue weighted by Gasteiger charge is 2.27. The molecule has 1 aromatic heterocycles. The minimum absolute atomic E-state index is 0.00848. The molecule has 212 valence electrons. The molecule has 4 rings (SSSR count). The van der Waals surface area contributed by atoms with Crippen LogP contribution >= 0.6 is 11.6 Å². The first-order valence-corrected chi connectivity index (χ1v) is 14.6. The molecule has 2 amide bonds. The van der Waals surface area contributed by atoms with Gasteiger partial charge in [-0.1, -0.05) is 54.1 Å². The van der Waals surface area contributed by atoms with E-state index in [1.807, 2.05) is 54.8 Å². The van der Waals surface area contributed by atoms with E-state index >= 15 is 0 Å². The van der Waals surface area contributed by atoms with E-state index in [-0.39, 0.29) is 17.3 Å². The number of amides is 2. The second kappa shape index (κ2) is 12.9. The molecular formula is C30H30ClN5O4S. The summed E-state index contributed by atoms with van der Waals surface area (Å²) in [5.41, 5.74) is 7.06. The van der Waals surface area contributed by atoms with Gasteiger partial charge in [0.1, 0.15) is 0 Å². The number of hydrogen-bond acceptors (Lipinski definition) is 5. The van der Waals surface area contributed by atoms with E-state index in [1.54, 1.807) is 24.3 Å². The Kier molecular flexibility index (Phi) is 9.38. The number of aryl methyl sites for hydroxylation is 1. The quantitative estimate of drug-likeness (QED) is 0.198. The molecule has 4 aromatic rings. The molecule has 0 aliphatic heterocycles. The summed E-state index contributed by atoms with van der Waals surface area (Å²) in [5.74, 6) is -0.871. The lowest BCUT2D eigenvalue weighted by Gasteiger charge is -2.21. The fourth-order valence-electron chi connectivity index (χ4n) is 4.37. The van der Waals surface area contributed by atoms with Crippen LogP contribution in [0.4, 0.5) is 5.69 Å². The van der Waals surface area contributed by atoms with Gasteiger partial charge in [0, 0.05) is 36.1 Å². The van der Waals surface area contributed by atoms with E-state index < -0.39 is 22.5 Å². The van der Waals surface area contributed by atoms with E-state index in [4.69, 9.17) is 11.6 Å². The van der Waals surface area contributed by atoms with Crippen LogP contribution in [0.1, 0.15) is 29.4 Å². The zero-order valence-electron chi connectivity index (χ0n) is 22.8. The maximum Gasteiger partial charge on any atom is 0.255 e. The summed E-state index contributed by atoms with van der Waals surface area (Å²) in [6.07, 6.45) is 1.52. The van der Waals surface area contributed by atoms with Crippen LogP contribution < -0.4 is 10.7 Å². The standard InChI is InChI=1S/C30H30ClN5O4S/c1-21-17-25(22(2)36(21)29-12-8-7-11-28(29)31)18-32-34-30(38)20-35(19-24-9-5-4-6-10-24)41(39,40)27-15-13-26(14-16-27)33-23(3)37/h4-18H,19-20H2,1-3H3,(H,33,37)(H,34,38)/b32-18+. The van der Waals surface area contributed by atoms with Gasteiger partial charge in [0.15, 0.2) is 0 Å². The van der Waals surface area contributed by atoms with Crippen molar-refractivity contribution in [3.63, 3.8) is 0 Å². The molecule has 0 saturated heterocycles. The molecule has 0 fully saturated rings. The summed E-state index contributed by atoms with van der Waals surface area (Å²) in [4.78, 5) is 24.2. The monoisotopic (exact) mass is 591 g/mol. The Bertz CT molecular complexity index is 1680. The second-order valence-corrected chi connectivity index (χ2v) is 11.7. The molecule has 0 saturated carbocycles. The normalized spacial score (nSPS) is 11.6. The van der Waals surface area contributed by atoms with Crippen molar-refractivity contribution in [2.24, 2.45) is 5.10 Å². The molecule has 0 aliphatic carbocycles. The molecule has 0 radical (unpaired) electrons. The van der Waals surface area contributed by atoms with Crippen LogP contribution in [-0.4, -0.2) is 41.9 Å². The first-order valence-electron chi connectivity index (χ1n) is 12.7. The number of halogens is 1. The number of hydrogen-bond donors (Lipinski definition) is 2. The van der Waals surface area contributed by atoms with Crippen molar-refractivity contribution in [1.82, 2.24) is 14.3 Å². The predicted molar refractivity (Wildman–Crippen MR) is 161 cm³/mol. The van der Waals surface area contributed by atoms with Crippen molar-refractivity contribution in [3.8, 4) is 5.69 Å². The molecular weight excluding hydrogens is 562 g/mol. The molecule has 0 unspecified atom stereocenters. The predicted octanol–water partition coefficient (Wildman–Crippen LogP) is 5.05. The first-order chi connectivity index (χ1) is 19.6. The number of nitrogens with zero attached hydrogens (tertiary/aromatic N) is 3. The Morgan fingerprint density at radius 2 is 1.63 bits per heavy atom. The number of carbonyl (C=O) groups excluding carboxylic acids is 2. The van der Waals surface area contributed by atoms with Crippen LogP contribution in [0.3, 0.4) is 0 Å². The summed E-state index contributed by atoms with van der Waals surface area (Å²) >= 11 is 6.39. The van der Waals surface area contributed by atoms with Crippen molar-refractivity contribution in [2.45, 2.75) is 32.2 Å². The molecule has 0 bridgehead atoms. The lowest BCUT2D eigenvalue weighted by atomic mass is 10.2. The molecule has 1 heterocycles. The summed E-state index contributed by atoms with van der Waals surface area (Å²) in [5, 5.41) is 7.31. The number of anilines is 1. The molecule has 0 aliphatic rings. The third-order valence-electron chi connectivity index (χ3n) is 6.29. The highest BCUT2D eigenvalue weighted by molar-refractivity contribution is 7.89. The molecule has 0 atom stereocenters. The van der Waals surface area contributed by atoms with E-state index in [0.717, 1.165) is 26.9 Å². The second-order valence-electron chi connectivity index (χ2n) is 9.37. The fraction of sp³-hybridized carbons (Fsp3) is 0.167. The van der Waals surface area contributed by atoms with Gasteiger partial charge >= 0.3 is 0 Å². The van der Waals surface area contributed by atoms with E-state index in [9.17, 15) is 18.0 Å². The molecule has 9 nitrogen and oxygen atoms in total. The summed E-state index contributed by atoms with van der Waals surface area (Å²) in [7, 11) is -4.07. The fourth-order valence-corrected chi connectivity index (χ4v) is 5.97. The van der Waals surface area contributed by atoms with Gasteiger partial charge in [-0.15, -0.1) is 0 Å². The average Bonchev–Trinajstić information content (AvgIpc) is 3.21. The molecule has 3 aromatic carbocycles. The van der Waals surface area contributed by atoms with Gasteiger partial charge in [-0.2, -0.15) is 9.41 Å². The largest absolute Gasteiger partial charge is 0.326 e. The van der Waals surface area contributed by atoms with Crippen molar-refractivity contribution >= 4 is 45.3 Å². The summed E-state index contributed by atoms with van der Waals surface area (Å²) in [6, 6.07) is 24.2. The minimum atomic E-state index is -4.07. The van der Waals surface area contributed by atoms with E-state index in [1.165, 1.54) is 37.4 Å². The third kappa shape index (κ3) is 7.29. The van der Waals surface area contributed by atoms with Crippen LogP contribution in [0.15, 0.2) is 94.9 Å². The Balaban J connectivity index is 1.52. The highest BCUT2D eigenvalue weighted by atomic mass is 35.5. The number of para-hydroxylation sites is 1. The van der Waals surface area contributed by atoms with E-state index in [0.29, 0.717) is 16.3 Å². The smallest absolute Gasteiger partial charge is 0.255 e. The van der Waals surface area contributed by atoms with Crippen molar-refractivity contribution < 1.29 is 18.0 Å². The van der Waals surface area contributed by atoms with Gasteiger partial charge in [0.05, 0.1) is 28.4 Å². The van der Waals surface area contributed by atoms with Crippen molar-refractivity contribution in [1.29, 1.82) is 0 Å². The SMILES string of the molecule is CC(=O)Nc1ccc(S(=O)(=O)N(CC(=O)N/N=C/c2cc(C)n(-c3ccccc3Cl)c2C)Cc2ccccc2)cc1. The van der Waals surface area contributed by atoms with Gasteiger partial charge in [-0.05, 0) is 61.9 Å². The van der Waals surface area contributed by atoms with Crippen molar-refractivity contribution in [2.75, 3.05) is 11.9 Å². The molecule has 0 spiro atoms. The Morgan fingerprint density at radius 3 is 2.29 bits per heavy atom. The number of aromatic nitrogens is 1. The lowest BCUT2D eigenvalue weighted by Crippen LogP contribution is -2.39. The first kappa shape index (κ1) is 29.7. The number of nitrogens with one attached hydrogen (secondary N) is 2. The Hall–Kier alpha value is -4.25. The number of carbonyl (C=O) groups is 2. The number of benzene rings is 3. The summed E-state index contributed by atoms with van der Waals surface area (Å²) in [6.45, 7) is 4.75. The van der Waals surface area contributed by atoms with Crippen molar-refractivity contribution in [3.05, 3.63) is 112 Å². The topological polar surface area (TPSA) is 113 Å². The highest BCUT2D eigenvalue weighted by Crippen LogP contribution is 2.26. The van der Waals surface area contributed by atoms with Crippen LogP contribution in [0.2, 0.25) is 5.02 Å². The van der Waals surface area contributed by atoms with Gasteiger partial charge < -0.3 is 9.88 Å². The summed E-state index contributed by atoms with van der Waals surface area (Å²) < 4.78 is 30.2. The Labute approximate surface area is 244 Å².